The van der Waals surface area contributed by atoms with Crippen molar-refractivity contribution in [1.29, 1.82) is 0 Å². The summed E-state index contributed by atoms with van der Waals surface area (Å²) in [4.78, 5) is 17.3. The molecule has 0 radical (unpaired) electrons. The fourth-order valence-electron chi connectivity index (χ4n) is 2.38. The van der Waals surface area contributed by atoms with Crippen molar-refractivity contribution in [1.82, 2.24) is 10.3 Å². The van der Waals surface area contributed by atoms with E-state index in [0.717, 1.165) is 21.7 Å². The summed E-state index contributed by atoms with van der Waals surface area (Å²) in [6.45, 7) is 13.9. The normalized spacial score (nSPS) is 12.3. The van der Waals surface area contributed by atoms with Crippen LogP contribution in [-0.2, 0) is 9.47 Å². The van der Waals surface area contributed by atoms with Crippen LogP contribution in [-0.4, -0.2) is 23.3 Å². The van der Waals surface area contributed by atoms with Crippen LogP contribution in [0.5, 0.6) is 0 Å². The van der Waals surface area contributed by atoms with Crippen molar-refractivity contribution in [2.24, 2.45) is 0 Å². The van der Waals surface area contributed by atoms with E-state index in [2.05, 4.69) is 16.9 Å². The Labute approximate surface area is 159 Å². The summed E-state index contributed by atoms with van der Waals surface area (Å²) in [5, 5.41) is 2.85. The number of alkyl carbamates (subject to hydrolysis) is 1. The van der Waals surface area contributed by atoms with Gasteiger partial charge in [-0.3, -0.25) is 0 Å². The highest BCUT2D eigenvalue weighted by molar-refractivity contribution is 7.13. The van der Waals surface area contributed by atoms with Crippen molar-refractivity contribution in [3.63, 3.8) is 0 Å². The molecule has 26 heavy (non-hydrogen) atoms. The lowest BCUT2D eigenvalue weighted by Crippen LogP contribution is -2.34. The number of carbonyl (C=O) groups is 1. The highest BCUT2D eigenvalue weighted by Crippen LogP contribution is 2.32. The third kappa shape index (κ3) is 5.33. The molecule has 0 aliphatic carbocycles. The van der Waals surface area contributed by atoms with E-state index in [0.29, 0.717) is 12.4 Å². The van der Waals surface area contributed by atoms with Gasteiger partial charge in [-0.15, -0.1) is 11.3 Å². The maximum absolute atomic E-state index is 11.9. The summed E-state index contributed by atoms with van der Waals surface area (Å²) in [5.41, 5.74) is 4.07. The molecule has 0 bridgehead atoms. The number of amides is 1. The molecule has 0 aliphatic heterocycles. The first-order valence-corrected chi connectivity index (χ1v) is 9.44. The maximum Gasteiger partial charge on any atom is 0.408 e. The van der Waals surface area contributed by atoms with Gasteiger partial charge in [0, 0.05) is 0 Å². The fraction of sp³-hybridized carbons (Fsp3) is 0.400. The SMILES string of the molecule is C=C(OCC)c1ncsc1-c1ccc([C@H](C)NC(=O)OC(C)(C)C)cc1. The van der Waals surface area contributed by atoms with Crippen molar-refractivity contribution in [2.75, 3.05) is 6.61 Å². The van der Waals surface area contributed by atoms with E-state index in [-0.39, 0.29) is 6.04 Å². The molecule has 2 rings (SSSR count). The summed E-state index contributed by atoms with van der Waals surface area (Å²) >= 11 is 1.55. The molecule has 5 nitrogen and oxygen atoms in total. The van der Waals surface area contributed by atoms with Gasteiger partial charge in [0.1, 0.15) is 17.1 Å². The number of benzene rings is 1. The largest absolute Gasteiger partial charge is 0.492 e. The molecule has 0 unspecified atom stereocenters. The minimum Gasteiger partial charge on any atom is -0.492 e. The first kappa shape index (κ1) is 20.0. The molecule has 1 amide bonds. The maximum atomic E-state index is 11.9. The first-order valence-electron chi connectivity index (χ1n) is 8.56. The fourth-order valence-corrected chi connectivity index (χ4v) is 3.20. The summed E-state index contributed by atoms with van der Waals surface area (Å²) < 4.78 is 10.8. The molecule has 6 heteroatoms. The molecule has 1 aromatic carbocycles. The average molecular weight is 375 g/mol. The van der Waals surface area contributed by atoms with Gasteiger partial charge in [-0.2, -0.15) is 0 Å². The third-order valence-electron chi connectivity index (χ3n) is 3.56. The van der Waals surface area contributed by atoms with Gasteiger partial charge < -0.3 is 14.8 Å². The summed E-state index contributed by atoms with van der Waals surface area (Å²) in [7, 11) is 0. The van der Waals surface area contributed by atoms with Crippen LogP contribution in [0.4, 0.5) is 4.79 Å². The van der Waals surface area contributed by atoms with Crippen LogP contribution < -0.4 is 5.32 Å². The van der Waals surface area contributed by atoms with Crippen molar-refractivity contribution >= 4 is 23.2 Å². The van der Waals surface area contributed by atoms with Crippen LogP contribution in [0.1, 0.15) is 51.9 Å². The van der Waals surface area contributed by atoms with Crippen LogP contribution in [0.25, 0.3) is 16.2 Å². The number of rotatable bonds is 6. The van der Waals surface area contributed by atoms with Gasteiger partial charge >= 0.3 is 6.09 Å². The standard InChI is InChI=1S/C20H26N2O3S/c1-7-24-14(3)17-18(26-12-21-17)16-10-8-15(9-11-16)13(2)22-19(23)25-20(4,5)6/h8-13H,3,7H2,1-2,4-6H3,(H,22,23)/t13-/m0/s1. The monoisotopic (exact) mass is 374 g/mol. The van der Waals surface area contributed by atoms with Gasteiger partial charge in [0.25, 0.3) is 0 Å². The van der Waals surface area contributed by atoms with Crippen LogP contribution >= 0.6 is 11.3 Å². The predicted molar refractivity (Wildman–Crippen MR) is 106 cm³/mol. The second kappa shape index (κ2) is 8.36. The van der Waals surface area contributed by atoms with Crippen LogP contribution in [0, 0.1) is 0 Å². The van der Waals surface area contributed by atoms with Gasteiger partial charge in [-0.05, 0) is 45.7 Å². The summed E-state index contributed by atoms with van der Waals surface area (Å²) in [6, 6.07) is 7.85. The lowest BCUT2D eigenvalue weighted by atomic mass is 10.0. The van der Waals surface area contributed by atoms with E-state index < -0.39 is 11.7 Å². The highest BCUT2D eigenvalue weighted by Gasteiger charge is 2.18. The minimum atomic E-state index is -0.515. The van der Waals surface area contributed by atoms with Crippen molar-refractivity contribution in [3.05, 3.63) is 47.6 Å². The Kier molecular flexibility index (Phi) is 6.42. The molecule has 0 spiro atoms. The number of hydrogen-bond acceptors (Lipinski definition) is 5. The van der Waals surface area contributed by atoms with Crippen molar-refractivity contribution < 1.29 is 14.3 Å². The van der Waals surface area contributed by atoms with Gasteiger partial charge in [-0.1, -0.05) is 30.8 Å². The quantitative estimate of drug-likeness (QED) is 0.688. The summed E-state index contributed by atoms with van der Waals surface area (Å²) in [5.74, 6) is 0.577. The van der Waals surface area contributed by atoms with Gasteiger partial charge in [0.15, 0.2) is 0 Å². The van der Waals surface area contributed by atoms with E-state index in [1.165, 1.54) is 0 Å². The number of nitrogens with one attached hydrogen (secondary N) is 1. The summed E-state index contributed by atoms with van der Waals surface area (Å²) in [6.07, 6.45) is -0.424. The van der Waals surface area contributed by atoms with E-state index in [1.807, 2.05) is 58.9 Å². The molecule has 1 atom stereocenters. The highest BCUT2D eigenvalue weighted by atomic mass is 32.1. The lowest BCUT2D eigenvalue weighted by molar-refractivity contribution is 0.0508. The molecule has 1 aromatic heterocycles. The van der Waals surface area contributed by atoms with E-state index in [1.54, 1.807) is 16.8 Å². The lowest BCUT2D eigenvalue weighted by Gasteiger charge is -2.22. The van der Waals surface area contributed by atoms with Crippen molar-refractivity contribution in [3.8, 4) is 10.4 Å². The number of hydrogen-bond donors (Lipinski definition) is 1. The Bertz CT molecular complexity index is 760. The zero-order valence-corrected chi connectivity index (χ0v) is 16.8. The van der Waals surface area contributed by atoms with E-state index >= 15 is 0 Å². The molecule has 0 saturated carbocycles. The number of nitrogens with zero attached hydrogens (tertiary/aromatic N) is 1. The number of thiazole rings is 1. The molecule has 140 valence electrons. The van der Waals surface area contributed by atoms with E-state index in [9.17, 15) is 4.79 Å². The topological polar surface area (TPSA) is 60.5 Å². The predicted octanol–water partition coefficient (Wildman–Crippen LogP) is 5.40. The van der Waals surface area contributed by atoms with Gasteiger partial charge in [0.2, 0.25) is 0 Å². The Morgan fingerprint density at radius 1 is 1.31 bits per heavy atom. The molecule has 1 heterocycles. The third-order valence-corrected chi connectivity index (χ3v) is 4.43. The smallest absolute Gasteiger partial charge is 0.408 e. The molecule has 0 aliphatic rings. The van der Waals surface area contributed by atoms with Crippen LogP contribution in [0.2, 0.25) is 0 Å². The average Bonchev–Trinajstić information content (AvgIpc) is 3.03. The number of carbonyl (C=O) groups excluding carboxylic acids is 1. The Balaban J connectivity index is 2.10. The Morgan fingerprint density at radius 2 is 1.96 bits per heavy atom. The molecule has 0 fully saturated rings. The zero-order valence-electron chi connectivity index (χ0n) is 16.0. The second-order valence-electron chi connectivity index (χ2n) is 6.88. The van der Waals surface area contributed by atoms with E-state index in [4.69, 9.17) is 9.47 Å². The van der Waals surface area contributed by atoms with Gasteiger partial charge in [0.05, 0.1) is 23.0 Å². The molecule has 1 N–H and O–H groups in total. The van der Waals surface area contributed by atoms with Crippen molar-refractivity contribution in [2.45, 2.75) is 46.3 Å². The van der Waals surface area contributed by atoms with Crippen LogP contribution in [0.15, 0.2) is 36.4 Å². The Hall–Kier alpha value is -2.34. The van der Waals surface area contributed by atoms with Crippen LogP contribution in [0.3, 0.4) is 0 Å². The molecule has 2 aromatic rings. The second-order valence-corrected chi connectivity index (χ2v) is 7.73. The molecular weight excluding hydrogens is 348 g/mol. The first-order chi connectivity index (χ1) is 12.2. The zero-order chi connectivity index (χ0) is 19.3. The van der Waals surface area contributed by atoms with Gasteiger partial charge in [-0.25, -0.2) is 9.78 Å². The molecule has 0 saturated heterocycles. The Morgan fingerprint density at radius 3 is 2.54 bits per heavy atom. The minimum absolute atomic E-state index is 0.154. The number of ether oxygens (including phenoxy) is 2. The molecular formula is C20H26N2O3S. The number of aromatic nitrogens is 1.